The van der Waals surface area contributed by atoms with Gasteiger partial charge in [-0.1, -0.05) is 41.9 Å². The van der Waals surface area contributed by atoms with Crippen molar-refractivity contribution in [3.8, 4) is 0 Å². The molecule has 0 fully saturated rings. The van der Waals surface area contributed by atoms with Crippen LogP contribution >= 0.6 is 11.6 Å². The number of nitrogens with two attached hydrogens (primary N) is 1. The molecule has 0 atom stereocenters. The number of benzene rings is 2. The number of anilines is 2. The zero-order chi connectivity index (χ0) is 13.7. The van der Waals surface area contributed by atoms with Crippen LogP contribution < -0.4 is 16.6 Å². The molecule has 0 aliphatic heterocycles. The van der Waals surface area contributed by atoms with Crippen LogP contribution in [0.1, 0.15) is 0 Å². The standard InChI is InChI=1S/C13H13ClN4O/c14-11-8-4-5-9-12(11)17-18(15)13(19)16-10-6-2-1-3-7-10/h1-9,17H,15H2,(H,16,19). The monoisotopic (exact) mass is 276 g/mol. The molecule has 5 nitrogen and oxygen atoms in total. The second-order valence-corrected chi connectivity index (χ2v) is 4.17. The average molecular weight is 277 g/mol. The lowest BCUT2D eigenvalue weighted by molar-refractivity contribution is 0.223. The smallest absolute Gasteiger partial charge is 0.305 e. The van der Waals surface area contributed by atoms with Crippen molar-refractivity contribution in [3.05, 3.63) is 59.6 Å². The van der Waals surface area contributed by atoms with E-state index in [2.05, 4.69) is 10.7 Å². The van der Waals surface area contributed by atoms with Crippen molar-refractivity contribution in [1.29, 1.82) is 0 Å². The van der Waals surface area contributed by atoms with Gasteiger partial charge in [-0.3, -0.25) is 5.43 Å². The number of nitrogens with zero attached hydrogens (tertiary/aromatic N) is 1. The number of halogens is 1. The average Bonchev–Trinajstić information content (AvgIpc) is 2.42. The highest BCUT2D eigenvalue weighted by Gasteiger charge is 2.10. The van der Waals surface area contributed by atoms with E-state index in [9.17, 15) is 4.79 Å². The number of nitrogens with one attached hydrogen (secondary N) is 2. The van der Waals surface area contributed by atoms with Crippen LogP contribution in [0.25, 0.3) is 0 Å². The molecule has 0 bridgehead atoms. The summed E-state index contributed by atoms with van der Waals surface area (Å²) in [7, 11) is 0. The van der Waals surface area contributed by atoms with Crippen LogP contribution in [-0.2, 0) is 0 Å². The van der Waals surface area contributed by atoms with E-state index in [1.807, 2.05) is 18.2 Å². The van der Waals surface area contributed by atoms with Crippen LogP contribution in [0.5, 0.6) is 0 Å². The highest BCUT2D eigenvalue weighted by molar-refractivity contribution is 6.33. The molecule has 0 aromatic heterocycles. The van der Waals surface area contributed by atoms with Gasteiger partial charge in [-0.25, -0.2) is 10.6 Å². The normalized spacial score (nSPS) is 9.79. The van der Waals surface area contributed by atoms with Gasteiger partial charge in [0.2, 0.25) is 0 Å². The molecule has 0 saturated heterocycles. The Morgan fingerprint density at radius 1 is 1.05 bits per heavy atom. The Morgan fingerprint density at radius 2 is 1.68 bits per heavy atom. The van der Waals surface area contributed by atoms with Gasteiger partial charge >= 0.3 is 6.03 Å². The lowest BCUT2D eigenvalue weighted by Crippen LogP contribution is -2.44. The number of amides is 2. The van der Waals surface area contributed by atoms with E-state index >= 15 is 0 Å². The van der Waals surface area contributed by atoms with Crippen molar-refractivity contribution in [1.82, 2.24) is 5.12 Å². The number of urea groups is 1. The predicted octanol–water partition coefficient (Wildman–Crippen LogP) is 3.07. The Hall–Kier alpha value is -2.24. The molecule has 2 rings (SSSR count). The van der Waals surface area contributed by atoms with Crippen molar-refractivity contribution < 1.29 is 4.79 Å². The van der Waals surface area contributed by atoms with Gasteiger partial charge in [-0.2, -0.15) is 5.12 Å². The summed E-state index contributed by atoms with van der Waals surface area (Å²) in [6, 6.07) is 15.5. The summed E-state index contributed by atoms with van der Waals surface area (Å²) in [4.78, 5) is 11.8. The summed E-state index contributed by atoms with van der Waals surface area (Å²) in [5.41, 5.74) is 3.90. The lowest BCUT2D eigenvalue weighted by Gasteiger charge is -2.19. The first-order chi connectivity index (χ1) is 9.16. The maximum absolute atomic E-state index is 11.8. The molecule has 4 N–H and O–H groups in total. The summed E-state index contributed by atoms with van der Waals surface area (Å²) >= 11 is 5.96. The van der Waals surface area contributed by atoms with E-state index in [4.69, 9.17) is 17.4 Å². The van der Waals surface area contributed by atoms with Gasteiger partial charge in [-0.05, 0) is 24.3 Å². The quantitative estimate of drug-likeness (QED) is 0.458. The van der Waals surface area contributed by atoms with Crippen LogP contribution in [-0.4, -0.2) is 11.1 Å². The van der Waals surface area contributed by atoms with Crippen LogP contribution in [0, 0.1) is 0 Å². The molecule has 0 heterocycles. The Bertz CT molecular complexity index is 562. The molecule has 0 saturated carbocycles. The highest BCUT2D eigenvalue weighted by Crippen LogP contribution is 2.20. The summed E-state index contributed by atoms with van der Waals surface area (Å²) in [6.45, 7) is 0. The van der Waals surface area contributed by atoms with Gasteiger partial charge in [0.15, 0.2) is 0 Å². The predicted molar refractivity (Wildman–Crippen MR) is 76.6 cm³/mol. The van der Waals surface area contributed by atoms with E-state index in [-0.39, 0.29) is 0 Å². The summed E-state index contributed by atoms with van der Waals surface area (Å²) < 4.78 is 0. The first kappa shape index (κ1) is 13.2. The van der Waals surface area contributed by atoms with Gasteiger partial charge < -0.3 is 5.32 Å². The van der Waals surface area contributed by atoms with E-state index < -0.39 is 6.03 Å². The van der Waals surface area contributed by atoms with Gasteiger partial charge in [0.25, 0.3) is 0 Å². The van der Waals surface area contributed by atoms with Crippen LogP contribution in [0.15, 0.2) is 54.6 Å². The molecule has 0 aliphatic carbocycles. The van der Waals surface area contributed by atoms with Gasteiger partial charge in [0.1, 0.15) is 0 Å². The molecule has 0 radical (unpaired) electrons. The zero-order valence-electron chi connectivity index (χ0n) is 10.0. The van der Waals surface area contributed by atoms with E-state index in [0.29, 0.717) is 16.4 Å². The molecule has 19 heavy (non-hydrogen) atoms. The number of carbonyl (C=O) groups excluding carboxylic acids is 1. The third-order valence-corrected chi connectivity index (χ3v) is 2.69. The zero-order valence-corrected chi connectivity index (χ0v) is 10.8. The first-order valence-corrected chi connectivity index (χ1v) is 5.96. The molecule has 6 heteroatoms. The maximum Gasteiger partial charge on any atom is 0.355 e. The minimum atomic E-state index is -0.494. The first-order valence-electron chi connectivity index (χ1n) is 5.59. The molecule has 98 valence electrons. The number of hydrogen-bond acceptors (Lipinski definition) is 3. The fraction of sp³-hybridized carbons (Fsp3) is 0. The molecule has 2 amide bonds. The third-order valence-electron chi connectivity index (χ3n) is 2.36. The fourth-order valence-corrected chi connectivity index (χ4v) is 1.62. The number of carbonyl (C=O) groups is 1. The maximum atomic E-state index is 11.8. The molecule has 0 spiro atoms. The van der Waals surface area contributed by atoms with Gasteiger partial charge in [-0.15, -0.1) is 0 Å². The third kappa shape index (κ3) is 3.61. The molecule has 2 aromatic rings. The topological polar surface area (TPSA) is 70.4 Å². The lowest BCUT2D eigenvalue weighted by atomic mass is 10.3. The summed E-state index contributed by atoms with van der Waals surface area (Å²) in [5.74, 6) is 5.62. The summed E-state index contributed by atoms with van der Waals surface area (Å²) in [6.07, 6.45) is 0. The Morgan fingerprint density at radius 3 is 2.37 bits per heavy atom. The number of rotatable bonds is 3. The second-order valence-electron chi connectivity index (χ2n) is 3.76. The Labute approximate surface area is 115 Å². The van der Waals surface area contributed by atoms with Crippen molar-refractivity contribution >= 4 is 29.0 Å². The highest BCUT2D eigenvalue weighted by atomic mass is 35.5. The van der Waals surface area contributed by atoms with E-state index in [1.165, 1.54) is 0 Å². The Kier molecular flexibility index (Phi) is 4.22. The minimum Gasteiger partial charge on any atom is -0.305 e. The van der Waals surface area contributed by atoms with Crippen molar-refractivity contribution in [2.45, 2.75) is 0 Å². The molecular weight excluding hydrogens is 264 g/mol. The van der Waals surface area contributed by atoms with E-state index in [1.54, 1.807) is 36.4 Å². The van der Waals surface area contributed by atoms with Crippen LogP contribution in [0.3, 0.4) is 0 Å². The van der Waals surface area contributed by atoms with Crippen molar-refractivity contribution in [3.63, 3.8) is 0 Å². The van der Waals surface area contributed by atoms with Crippen molar-refractivity contribution in [2.75, 3.05) is 10.7 Å². The molecular formula is C13H13ClN4O. The van der Waals surface area contributed by atoms with Crippen LogP contribution in [0.2, 0.25) is 5.02 Å². The number of hydrogen-bond donors (Lipinski definition) is 3. The number of para-hydroxylation sites is 2. The fourth-order valence-electron chi connectivity index (χ4n) is 1.44. The minimum absolute atomic E-state index is 0.477. The molecule has 0 unspecified atom stereocenters. The molecule has 2 aromatic carbocycles. The van der Waals surface area contributed by atoms with Crippen LogP contribution in [0.4, 0.5) is 16.2 Å². The second kappa shape index (κ2) is 6.08. The van der Waals surface area contributed by atoms with E-state index in [0.717, 1.165) is 5.12 Å². The number of hydrazine groups is 2. The largest absolute Gasteiger partial charge is 0.355 e. The van der Waals surface area contributed by atoms with Crippen molar-refractivity contribution in [2.24, 2.45) is 5.84 Å². The Balaban J connectivity index is 1.98. The van der Waals surface area contributed by atoms with Gasteiger partial charge in [0, 0.05) is 5.69 Å². The van der Waals surface area contributed by atoms with Gasteiger partial charge in [0.05, 0.1) is 10.7 Å². The summed E-state index contributed by atoms with van der Waals surface area (Å²) in [5, 5.41) is 3.96. The SMILES string of the molecule is NN(Nc1ccccc1Cl)C(=O)Nc1ccccc1. The molecule has 0 aliphatic rings.